The van der Waals surface area contributed by atoms with Gasteiger partial charge in [-0.3, -0.25) is 9.59 Å². The number of nitrogens with zero attached hydrogens (tertiary/aromatic N) is 2. The summed E-state index contributed by atoms with van der Waals surface area (Å²) in [5, 5.41) is 5.99. The number of benzene rings is 1. The normalized spacial score (nSPS) is 21.9. The zero-order chi connectivity index (χ0) is 17.8. The number of piperazine rings is 1. The van der Waals surface area contributed by atoms with Gasteiger partial charge >= 0.3 is 0 Å². The van der Waals surface area contributed by atoms with Crippen LogP contribution in [0.4, 0.5) is 10.1 Å². The minimum atomic E-state index is -0.263. The van der Waals surface area contributed by atoms with Crippen molar-refractivity contribution in [3.05, 3.63) is 30.1 Å². The monoisotopic (exact) mass is 421 g/mol. The molecular weight excluding hydrogens is 396 g/mol. The first-order valence-corrected chi connectivity index (χ1v) is 8.59. The molecule has 152 valence electrons. The van der Waals surface area contributed by atoms with Gasteiger partial charge in [0.2, 0.25) is 11.8 Å². The average Bonchev–Trinajstić information content (AvgIpc) is 3.10. The van der Waals surface area contributed by atoms with Crippen LogP contribution in [0.3, 0.4) is 0 Å². The van der Waals surface area contributed by atoms with Gasteiger partial charge in [0.1, 0.15) is 5.82 Å². The zero-order valence-electron chi connectivity index (χ0n) is 14.9. The molecule has 1 aromatic rings. The molecule has 4 N–H and O–H groups in total. The average molecular weight is 422 g/mol. The maximum Gasteiger partial charge on any atom is 0.239 e. The molecule has 2 saturated heterocycles. The van der Waals surface area contributed by atoms with Crippen molar-refractivity contribution in [1.29, 1.82) is 0 Å². The smallest absolute Gasteiger partial charge is 0.239 e. The summed E-state index contributed by atoms with van der Waals surface area (Å²) in [6.07, 6.45) is 0.586. The van der Waals surface area contributed by atoms with Crippen LogP contribution in [0.2, 0.25) is 0 Å². The van der Waals surface area contributed by atoms with Gasteiger partial charge in [-0.2, -0.15) is 0 Å². The van der Waals surface area contributed by atoms with Gasteiger partial charge in [0.15, 0.2) is 0 Å². The Labute approximate surface area is 170 Å². The van der Waals surface area contributed by atoms with Gasteiger partial charge in [0.05, 0.1) is 12.6 Å². The molecule has 2 heterocycles. The minimum Gasteiger partial charge on any atom is -0.368 e. The second-order valence-corrected chi connectivity index (χ2v) is 6.45. The Hall–Kier alpha value is -1.61. The molecule has 0 aliphatic carbocycles. The lowest BCUT2D eigenvalue weighted by molar-refractivity contribution is -0.133. The lowest BCUT2D eigenvalue weighted by Crippen LogP contribution is -2.53. The lowest BCUT2D eigenvalue weighted by atomic mass is 10.1. The first-order chi connectivity index (χ1) is 12.1. The van der Waals surface area contributed by atoms with Crippen LogP contribution in [0.1, 0.15) is 6.42 Å². The molecule has 7 nitrogen and oxygen atoms in total. The van der Waals surface area contributed by atoms with Crippen LogP contribution < -0.4 is 21.3 Å². The van der Waals surface area contributed by atoms with Crippen molar-refractivity contribution in [3.8, 4) is 0 Å². The summed E-state index contributed by atoms with van der Waals surface area (Å²) in [4.78, 5) is 28.0. The van der Waals surface area contributed by atoms with Crippen LogP contribution in [0, 0.1) is 5.82 Å². The third-order valence-electron chi connectivity index (χ3n) is 4.76. The van der Waals surface area contributed by atoms with Gasteiger partial charge in [-0.15, -0.1) is 24.8 Å². The third kappa shape index (κ3) is 5.93. The number of nitrogens with one attached hydrogen (secondary N) is 2. The molecule has 3 rings (SSSR count). The number of hydrogen-bond acceptors (Lipinski definition) is 5. The van der Waals surface area contributed by atoms with Crippen LogP contribution in [0.15, 0.2) is 24.3 Å². The van der Waals surface area contributed by atoms with Gasteiger partial charge in [-0.1, -0.05) is 0 Å². The van der Waals surface area contributed by atoms with E-state index in [1.165, 1.54) is 12.1 Å². The van der Waals surface area contributed by atoms with E-state index < -0.39 is 0 Å². The predicted molar refractivity (Wildman–Crippen MR) is 107 cm³/mol. The molecule has 0 saturated carbocycles. The maximum absolute atomic E-state index is 13.0. The molecule has 0 bridgehead atoms. The SMILES string of the molecule is Cl.Cl.NCC(=O)N[C@H]1CN[C@H](C(=O)N2CCN(c3ccc(F)cc3)CC2)C1. The van der Waals surface area contributed by atoms with E-state index in [2.05, 4.69) is 15.5 Å². The summed E-state index contributed by atoms with van der Waals surface area (Å²) in [5.41, 5.74) is 6.27. The number of nitrogens with two attached hydrogens (primary N) is 1. The Morgan fingerprint density at radius 3 is 2.37 bits per heavy atom. The number of amides is 2. The standard InChI is InChI=1S/C17H24FN5O2.2ClH/c18-12-1-3-14(4-2-12)22-5-7-23(8-6-22)17(25)15-9-13(11-20-15)21-16(24)10-19;;/h1-4,13,15,20H,5-11,19H2,(H,21,24);2*1H/t13-,15+;;/m1../s1. The van der Waals surface area contributed by atoms with Crippen LogP contribution in [0.5, 0.6) is 0 Å². The summed E-state index contributed by atoms with van der Waals surface area (Å²) in [6, 6.07) is 6.11. The van der Waals surface area contributed by atoms with E-state index in [-0.39, 0.29) is 61.1 Å². The van der Waals surface area contributed by atoms with Crippen molar-refractivity contribution in [3.63, 3.8) is 0 Å². The van der Waals surface area contributed by atoms with Crippen molar-refractivity contribution in [1.82, 2.24) is 15.5 Å². The highest BCUT2D eigenvalue weighted by Gasteiger charge is 2.34. The fourth-order valence-corrected chi connectivity index (χ4v) is 3.38. The molecule has 10 heteroatoms. The molecule has 0 aromatic heterocycles. The lowest BCUT2D eigenvalue weighted by Gasteiger charge is -2.37. The van der Waals surface area contributed by atoms with Gasteiger partial charge in [-0.25, -0.2) is 4.39 Å². The number of anilines is 1. The summed E-state index contributed by atoms with van der Waals surface area (Å²) in [5.74, 6) is -0.378. The molecule has 2 fully saturated rings. The molecule has 27 heavy (non-hydrogen) atoms. The first kappa shape index (κ1) is 23.4. The zero-order valence-corrected chi connectivity index (χ0v) is 16.5. The number of halogens is 3. The molecule has 0 spiro atoms. The predicted octanol–water partition coefficient (Wildman–Crippen LogP) is 0.123. The van der Waals surface area contributed by atoms with E-state index in [1.54, 1.807) is 12.1 Å². The summed E-state index contributed by atoms with van der Waals surface area (Å²) in [6.45, 7) is 3.25. The van der Waals surface area contributed by atoms with Crippen LogP contribution in [-0.4, -0.2) is 68.1 Å². The van der Waals surface area contributed by atoms with Crippen LogP contribution in [-0.2, 0) is 9.59 Å². The Morgan fingerprint density at radius 1 is 1.15 bits per heavy atom. The van der Waals surface area contributed by atoms with E-state index in [9.17, 15) is 14.0 Å². The molecular formula is C17H26Cl2FN5O2. The second kappa shape index (κ2) is 10.7. The molecule has 2 aliphatic rings. The molecule has 0 radical (unpaired) electrons. The first-order valence-electron chi connectivity index (χ1n) is 8.59. The number of carbonyl (C=O) groups is 2. The van der Waals surface area contributed by atoms with E-state index in [4.69, 9.17) is 5.73 Å². The topological polar surface area (TPSA) is 90.7 Å². The maximum atomic E-state index is 13.0. The van der Waals surface area contributed by atoms with Crippen molar-refractivity contribution in [2.75, 3.05) is 44.2 Å². The highest BCUT2D eigenvalue weighted by Crippen LogP contribution is 2.18. The minimum absolute atomic E-state index is 0. The fourth-order valence-electron chi connectivity index (χ4n) is 3.38. The van der Waals surface area contributed by atoms with Crippen molar-refractivity contribution < 1.29 is 14.0 Å². The third-order valence-corrected chi connectivity index (χ3v) is 4.76. The van der Waals surface area contributed by atoms with Crippen molar-refractivity contribution >= 4 is 42.3 Å². The van der Waals surface area contributed by atoms with Gasteiger partial charge in [0, 0.05) is 44.5 Å². The Kier molecular flexibility index (Phi) is 9.25. The summed E-state index contributed by atoms with van der Waals surface area (Å²) in [7, 11) is 0. The Bertz CT molecular complexity index is 626. The van der Waals surface area contributed by atoms with Crippen LogP contribution >= 0.6 is 24.8 Å². The van der Waals surface area contributed by atoms with Gasteiger partial charge in [0.25, 0.3) is 0 Å². The highest BCUT2D eigenvalue weighted by atomic mass is 35.5. The number of carbonyl (C=O) groups excluding carboxylic acids is 2. The number of hydrogen-bond donors (Lipinski definition) is 3. The van der Waals surface area contributed by atoms with Crippen LogP contribution in [0.25, 0.3) is 0 Å². The van der Waals surface area contributed by atoms with E-state index in [0.717, 1.165) is 18.8 Å². The van der Waals surface area contributed by atoms with Crippen molar-refractivity contribution in [2.24, 2.45) is 5.73 Å². The molecule has 2 amide bonds. The Morgan fingerprint density at radius 2 is 1.78 bits per heavy atom. The Balaban J connectivity index is 0.00000182. The highest BCUT2D eigenvalue weighted by molar-refractivity contribution is 5.85. The van der Waals surface area contributed by atoms with E-state index in [0.29, 0.717) is 26.1 Å². The van der Waals surface area contributed by atoms with Gasteiger partial charge < -0.3 is 26.2 Å². The molecule has 2 aliphatic heterocycles. The quantitative estimate of drug-likeness (QED) is 0.642. The summed E-state index contributed by atoms with van der Waals surface area (Å²) >= 11 is 0. The van der Waals surface area contributed by atoms with Gasteiger partial charge in [-0.05, 0) is 30.7 Å². The largest absolute Gasteiger partial charge is 0.368 e. The summed E-state index contributed by atoms with van der Waals surface area (Å²) < 4.78 is 13.0. The fraction of sp³-hybridized carbons (Fsp3) is 0.529. The van der Waals surface area contributed by atoms with E-state index >= 15 is 0 Å². The molecule has 0 unspecified atom stereocenters. The van der Waals surface area contributed by atoms with Crippen molar-refractivity contribution in [2.45, 2.75) is 18.5 Å². The molecule has 1 aromatic carbocycles. The molecule has 2 atom stereocenters. The second-order valence-electron chi connectivity index (χ2n) is 6.45. The van der Waals surface area contributed by atoms with E-state index in [1.807, 2.05) is 4.90 Å². The number of rotatable bonds is 4.